The quantitative estimate of drug-likeness (QED) is 0.452. The van der Waals surface area contributed by atoms with Gasteiger partial charge in [-0.05, 0) is 38.0 Å². The number of hydrogen-bond donors (Lipinski definition) is 1. The molecule has 0 unspecified atom stereocenters. The highest BCUT2D eigenvalue weighted by Gasteiger charge is 2.38. The maximum absolute atomic E-state index is 6.67. The van der Waals surface area contributed by atoms with Crippen molar-refractivity contribution in [2.75, 3.05) is 26.4 Å². The lowest BCUT2D eigenvalue weighted by Gasteiger charge is -2.26. The fraction of sp³-hybridized carbons (Fsp3) is 0.250. The molecule has 2 aromatic heterocycles. The minimum absolute atomic E-state index is 0.169. The number of rotatable bonds is 5. The van der Waals surface area contributed by atoms with E-state index in [9.17, 15) is 0 Å². The lowest BCUT2D eigenvalue weighted by Crippen LogP contribution is -2.40. The Morgan fingerprint density at radius 3 is 2.77 bits per heavy atom. The van der Waals surface area contributed by atoms with Crippen molar-refractivity contribution in [3.63, 3.8) is 0 Å². The molecule has 5 rings (SSSR count). The zero-order valence-electron chi connectivity index (χ0n) is 17.2. The summed E-state index contributed by atoms with van der Waals surface area (Å²) in [5.74, 6) is 2.69. The number of aryl methyl sites for hydroxylation is 1. The number of nitrogens with two attached hydrogens (primary N) is 1. The third-order valence-electron chi connectivity index (χ3n) is 5.67. The van der Waals surface area contributed by atoms with Crippen LogP contribution in [0.4, 0.5) is 5.82 Å². The molecule has 6 nitrogen and oxygen atoms in total. The third-order valence-corrected chi connectivity index (χ3v) is 5.67. The van der Waals surface area contributed by atoms with Gasteiger partial charge in [0.05, 0.1) is 18.7 Å². The fourth-order valence-electron chi connectivity index (χ4n) is 4.21. The predicted octanol–water partition coefficient (Wildman–Crippen LogP) is 3.94. The van der Waals surface area contributed by atoms with Gasteiger partial charge in [0.15, 0.2) is 0 Å². The average molecular weight is 401 g/mol. The Labute approximate surface area is 175 Å². The first-order valence-electron chi connectivity index (χ1n) is 10.2. The van der Waals surface area contributed by atoms with E-state index in [1.807, 2.05) is 28.8 Å². The number of anilines is 1. The summed E-state index contributed by atoms with van der Waals surface area (Å²) in [4.78, 5) is 6.81. The summed E-state index contributed by atoms with van der Waals surface area (Å²) in [7, 11) is 4.14. The molecule has 0 bridgehead atoms. The zero-order chi connectivity index (χ0) is 20.7. The highest BCUT2D eigenvalue weighted by atomic mass is 16.5. The molecule has 1 atom stereocenters. The van der Waals surface area contributed by atoms with Gasteiger partial charge in [0.25, 0.3) is 0 Å². The predicted molar refractivity (Wildman–Crippen MR) is 116 cm³/mol. The molecule has 0 amide bonds. The summed E-state index contributed by atoms with van der Waals surface area (Å²) in [6.07, 6.45) is 4.46. The molecule has 2 aromatic carbocycles. The highest BCUT2D eigenvalue weighted by molar-refractivity contribution is 5.91. The molecule has 0 spiro atoms. The Hall–Kier alpha value is -3.38. The van der Waals surface area contributed by atoms with Crippen LogP contribution < -0.4 is 15.0 Å². The van der Waals surface area contributed by atoms with Crippen LogP contribution in [-0.4, -0.2) is 30.5 Å². The third kappa shape index (κ3) is 3.09. The summed E-state index contributed by atoms with van der Waals surface area (Å²) in [5.41, 5.74) is 8.57. The van der Waals surface area contributed by atoms with Crippen molar-refractivity contribution >= 4 is 16.6 Å². The Morgan fingerprint density at radius 2 is 1.97 bits per heavy atom. The minimum atomic E-state index is -0.169. The summed E-state index contributed by atoms with van der Waals surface area (Å²) < 4.78 is 14.2. The number of aromatic nitrogens is 2. The van der Waals surface area contributed by atoms with E-state index in [-0.39, 0.29) is 5.92 Å². The van der Waals surface area contributed by atoms with E-state index in [2.05, 4.69) is 48.2 Å². The Bertz CT molecular complexity index is 1200. The van der Waals surface area contributed by atoms with Gasteiger partial charge in [-0.3, -0.25) is 0 Å². The number of furan rings is 1. The van der Waals surface area contributed by atoms with Gasteiger partial charge in [0, 0.05) is 17.5 Å². The summed E-state index contributed by atoms with van der Waals surface area (Å²) in [6, 6.07) is 16.3. The molecule has 6 heteroatoms. The number of hydrogen-bond acceptors (Lipinski definition) is 5. The average Bonchev–Trinajstić information content (AvgIpc) is 3.28. The van der Waals surface area contributed by atoms with Crippen LogP contribution in [0.3, 0.4) is 0 Å². The number of fused-ring (bicyclic) bond motifs is 4. The Balaban J connectivity index is 1.66. The van der Waals surface area contributed by atoms with Gasteiger partial charge in [0.1, 0.15) is 17.1 Å². The van der Waals surface area contributed by atoms with Gasteiger partial charge >= 0.3 is 5.88 Å². The number of benzene rings is 2. The molecule has 3 heterocycles. The fourth-order valence-corrected chi connectivity index (χ4v) is 4.21. The molecule has 152 valence electrons. The van der Waals surface area contributed by atoms with E-state index >= 15 is 0 Å². The molecule has 0 fully saturated rings. The first kappa shape index (κ1) is 18.6. The van der Waals surface area contributed by atoms with Crippen LogP contribution in [0.1, 0.15) is 29.2 Å². The molecule has 1 aliphatic rings. The standard InChI is InChI=1S/C24H24N4O2/c1-27(2)12-6-13-28-15-26-24-21(23(28)25)20(19-9-5-14-29-19)18-11-10-16-7-3-4-8-17(16)22(18)30-24/h3-5,7-11,14-15,20,25H,6,12-13H2,1-2H3/p+1/t20-/m1/s1. The number of nitrogens with zero attached hydrogens (tertiary/aromatic N) is 3. The molecule has 1 aliphatic heterocycles. The van der Waals surface area contributed by atoms with E-state index in [0.29, 0.717) is 11.7 Å². The lowest BCUT2D eigenvalue weighted by atomic mass is 9.86. The van der Waals surface area contributed by atoms with Gasteiger partial charge in [-0.15, -0.1) is 0 Å². The van der Waals surface area contributed by atoms with Gasteiger partial charge in [0.2, 0.25) is 12.1 Å². The number of ether oxygens (including phenoxy) is 1. The van der Waals surface area contributed by atoms with Crippen LogP contribution in [0.15, 0.2) is 65.5 Å². The molecule has 0 radical (unpaired) electrons. The van der Waals surface area contributed by atoms with Crippen molar-refractivity contribution in [1.82, 2.24) is 9.88 Å². The van der Waals surface area contributed by atoms with Gasteiger partial charge in [-0.2, -0.15) is 0 Å². The molecule has 2 N–H and O–H groups in total. The van der Waals surface area contributed by atoms with Crippen LogP contribution in [0.5, 0.6) is 11.6 Å². The second-order valence-electron chi connectivity index (χ2n) is 7.95. The SMILES string of the molecule is CN(C)CCC[n+]1cnc2c(c1N)[C@@H](c1ccco1)c1ccc3ccccc3c1O2. The van der Waals surface area contributed by atoms with Crippen LogP contribution in [0, 0.1) is 0 Å². The van der Waals surface area contributed by atoms with Crippen LogP contribution in [0.25, 0.3) is 10.8 Å². The number of nitrogen functional groups attached to an aromatic ring is 1. The van der Waals surface area contributed by atoms with E-state index in [0.717, 1.165) is 52.9 Å². The molecule has 4 aromatic rings. The first-order chi connectivity index (χ1) is 14.6. The molecular formula is C24H25N4O2+. The zero-order valence-corrected chi connectivity index (χ0v) is 17.2. The molecule has 30 heavy (non-hydrogen) atoms. The van der Waals surface area contributed by atoms with Crippen LogP contribution in [-0.2, 0) is 6.54 Å². The molecular weight excluding hydrogens is 376 g/mol. The summed E-state index contributed by atoms with van der Waals surface area (Å²) >= 11 is 0. The smallest absolute Gasteiger partial charge is 0.306 e. The second kappa shape index (κ2) is 7.46. The highest BCUT2D eigenvalue weighted by Crippen LogP contribution is 2.50. The summed E-state index contributed by atoms with van der Waals surface area (Å²) in [5, 5.41) is 2.18. The van der Waals surface area contributed by atoms with E-state index in [4.69, 9.17) is 14.9 Å². The van der Waals surface area contributed by atoms with Crippen molar-refractivity contribution in [3.8, 4) is 11.6 Å². The van der Waals surface area contributed by atoms with E-state index < -0.39 is 0 Å². The Kier molecular flexibility index (Phi) is 4.64. The topological polar surface area (TPSA) is 68.4 Å². The van der Waals surface area contributed by atoms with Crippen molar-refractivity contribution in [2.45, 2.75) is 18.9 Å². The maximum Gasteiger partial charge on any atom is 0.306 e. The lowest BCUT2D eigenvalue weighted by molar-refractivity contribution is -0.686. The van der Waals surface area contributed by atoms with Crippen LogP contribution in [0.2, 0.25) is 0 Å². The minimum Gasteiger partial charge on any atom is -0.468 e. The first-order valence-corrected chi connectivity index (χ1v) is 10.2. The normalized spacial score (nSPS) is 15.1. The van der Waals surface area contributed by atoms with Crippen molar-refractivity contribution in [1.29, 1.82) is 0 Å². The molecule has 0 saturated carbocycles. The van der Waals surface area contributed by atoms with Gasteiger partial charge in [-0.25, -0.2) is 4.57 Å². The van der Waals surface area contributed by atoms with E-state index in [1.165, 1.54) is 0 Å². The molecule has 0 aliphatic carbocycles. The van der Waals surface area contributed by atoms with Crippen molar-refractivity contribution in [3.05, 3.63) is 78.0 Å². The van der Waals surface area contributed by atoms with Crippen molar-refractivity contribution < 1.29 is 13.7 Å². The summed E-state index contributed by atoms with van der Waals surface area (Å²) in [6.45, 7) is 1.77. The Morgan fingerprint density at radius 1 is 1.10 bits per heavy atom. The van der Waals surface area contributed by atoms with Gasteiger partial charge < -0.3 is 19.8 Å². The monoisotopic (exact) mass is 401 g/mol. The molecule has 0 saturated heterocycles. The largest absolute Gasteiger partial charge is 0.468 e. The van der Waals surface area contributed by atoms with Crippen molar-refractivity contribution in [2.24, 2.45) is 0 Å². The maximum atomic E-state index is 6.67. The second-order valence-corrected chi connectivity index (χ2v) is 7.95. The van der Waals surface area contributed by atoms with Crippen LogP contribution >= 0.6 is 0 Å². The van der Waals surface area contributed by atoms with E-state index in [1.54, 1.807) is 12.6 Å². The van der Waals surface area contributed by atoms with Gasteiger partial charge in [-0.1, -0.05) is 41.4 Å².